The highest BCUT2D eigenvalue weighted by Crippen LogP contribution is 2.77. The van der Waals surface area contributed by atoms with Crippen molar-refractivity contribution >= 4 is 17.6 Å². The molecule has 3 aliphatic carbocycles. The van der Waals surface area contributed by atoms with Crippen molar-refractivity contribution in [3.8, 4) is 0 Å². The Morgan fingerprint density at radius 2 is 1.95 bits per heavy atom. The normalized spacial score (nSPS) is 28.7. The van der Waals surface area contributed by atoms with E-state index in [4.69, 9.17) is 9.72 Å². The molecule has 3 aromatic rings. The summed E-state index contributed by atoms with van der Waals surface area (Å²) in [7, 11) is 0. The third-order valence-electron chi connectivity index (χ3n) is 8.49. The van der Waals surface area contributed by atoms with E-state index in [-0.39, 0.29) is 43.4 Å². The number of benzene rings is 1. The topological polar surface area (TPSA) is 97.6 Å². The summed E-state index contributed by atoms with van der Waals surface area (Å²) in [6.45, 7) is 2.01. The lowest BCUT2D eigenvalue weighted by atomic mass is 9.33. The Morgan fingerprint density at radius 3 is 2.64 bits per heavy atom. The van der Waals surface area contributed by atoms with Crippen molar-refractivity contribution in [2.24, 2.45) is 22.7 Å². The highest BCUT2D eigenvalue weighted by molar-refractivity contribution is 5.79. The molecule has 206 valence electrons. The maximum Gasteiger partial charge on any atom is 0.408 e. The molecule has 2 amide bonds. The molecule has 1 unspecified atom stereocenters. The minimum atomic E-state index is -4.36. The molecule has 1 aromatic carbocycles. The predicted molar refractivity (Wildman–Crippen MR) is 134 cm³/mol. The number of rotatable bonds is 7. The number of imidazole rings is 1. The lowest BCUT2D eigenvalue weighted by Gasteiger charge is -2.72. The Labute approximate surface area is 223 Å². The molecule has 4 aliphatic rings. The van der Waals surface area contributed by atoms with Gasteiger partial charge in [0.05, 0.1) is 29.5 Å². The first-order chi connectivity index (χ1) is 18.5. The molecule has 11 heteroatoms. The van der Waals surface area contributed by atoms with Crippen LogP contribution >= 0.6 is 0 Å². The molecule has 3 heterocycles. The van der Waals surface area contributed by atoms with Crippen molar-refractivity contribution in [1.29, 1.82) is 0 Å². The molecular formula is C28H30F3N5O3. The summed E-state index contributed by atoms with van der Waals surface area (Å²) in [5.41, 5.74) is 2.81. The summed E-state index contributed by atoms with van der Waals surface area (Å²) in [4.78, 5) is 29.8. The van der Waals surface area contributed by atoms with Crippen molar-refractivity contribution in [3.05, 3.63) is 65.6 Å². The Balaban J connectivity index is 1.19. The molecule has 8 nitrogen and oxygen atoms in total. The van der Waals surface area contributed by atoms with Crippen molar-refractivity contribution in [1.82, 2.24) is 25.2 Å². The van der Waals surface area contributed by atoms with E-state index < -0.39 is 24.1 Å². The highest BCUT2D eigenvalue weighted by atomic mass is 19.4. The monoisotopic (exact) mass is 541 g/mol. The van der Waals surface area contributed by atoms with E-state index in [9.17, 15) is 22.8 Å². The van der Waals surface area contributed by atoms with Gasteiger partial charge < -0.3 is 15.4 Å². The first kappa shape index (κ1) is 25.6. The number of halogens is 3. The zero-order valence-corrected chi connectivity index (χ0v) is 21.5. The number of nitrogens with zero attached hydrogens (tertiary/aromatic N) is 3. The van der Waals surface area contributed by atoms with E-state index in [1.165, 1.54) is 0 Å². The molecule has 2 N–H and O–H groups in total. The third-order valence-corrected chi connectivity index (χ3v) is 8.49. The van der Waals surface area contributed by atoms with Gasteiger partial charge in [0.1, 0.15) is 6.61 Å². The molecule has 0 radical (unpaired) electrons. The number of carbonyl (C=O) groups excluding carboxylic acids is 2. The zero-order valence-electron chi connectivity index (χ0n) is 21.5. The second kappa shape index (κ2) is 9.24. The van der Waals surface area contributed by atoms with Crippen LogP contribution in [0.3, 0.4) is 0 Å². The molecule has 0 spiro atoms. The third kappa shape index (κ3) is 4.94. The number of alkyl carbamates (subject to hydrolysis) is 1. The van der Waals surface area contributed by atoms with Gasteiger partial charge >= 0.3 is 12.3 Å². The molecule has 3 saturated carbocycles. The number of hydrogen-bond donors (Lipinski definition) is 2. The van der Waals surface area contributed by atoms with E-state index in [0.717, 1.165) is 24.8 Å². The van der Waals surface area contributed by atoms with Crippen molar-refractivity contribution in [2.45, 2.75) is 57.9 Å². The molecule has 4 fully saturated rings. The van der Waals surface area contributed by atoms with Crippen LogP contribution in [0.1, 0.15) is 55.6 Å². The van der Waals surface area contributed by atoms with Gasteiger partial charge in [-0.3, -0.25) is 4.79 Å². The summed E-state index contributed by atoms with van der Waals surface area (Å²) in [5.74, 6) is -2.76. The van der Waals surface area contributed by atoms with Crippen LogP contribution in [-0.2, 0) is 22.6 Å². The van der Waals surface area contributed by atoms with Crippen LogP contribution in [0.2, 0.25) is 0 Å². The Hall–Kier alpha value is -3.63. The van der Waals surface area contributed by atoms with Crippen molar-refractivity contribution in [2.75, 3.05) is 6.54 Å². The molecule has 2 aromatic heterocycles. The molecule has 7 rings (SSSR count). The number of fused-ring (bicyclic) bond motifs is 1. The van der Waals surface area contributed by atoms with Gasteiger partial charge in [0.25, 0.3) is 0 Å². The number of nitrogens with one attached hydrogen (secondary N) is 2. The first-order valence-electron chi connectivity index (χ1n) is 13.2. The van der Waals surface area contributed by atoms with E-state index in [0.29, 0.717) is 22.5 Å². The summed E-state index contributed by atoms with van der Waals surface area (Å²) in [6.07, 6.45) is -0.352. The van der Waals surface area contributed by atoms with Gasteiger partial charge in [-0.15, -0.1) is 0 Å². The second-order valence-electron chi connectivity index (χ2n) is 11.8. The smallest absolute Gasteiger partial charge is 0.408 e. The number of aromatic nitrogens is 3. The predicted octanol–water partition coefficient (Wildman–Crippen LogP) is 4.74. The highest BCUT2D eigenvalue weighted by Gasteiger charge is 2.68. The Bertz CT molecular complexity index is 1390. The maximum atomic E-state index is 13.2. The van der Waals surface area contributed by atoms with Crippen LogP contribution in [0.4, 0.5) is 18.0 Å². The average Bonchev–Trinajstić information content (AvgIpc) is 3.28. The fourth-order valence-electron chi connectivity index (χ4n) is 6.89. The van der Waals surface area contributed by atoms with Gasteiger partial charge in [-0.05, 0) is 54.2 Å². The van der Waals surface area contributed by atoms with Crippen molar-refractivity contribution < 1.29 is 27.5 Å². The van der Waals surface area contributed by atoms with E-state index in [2.05, 4.69) is 22.7 Å². The number of ether oxygens (including phenoxy) is 1. The number of amides is 2. The number of piperidine rings is 1. The second-order valence-corrected chi connectivity index (χ2v) is 11.8. The molecule has 3 atom stereocenters. The zero-order chi connectivity index (χ0) is 27.4. The van der Waals surface area contributed by atoms with Crippen LogP contribution in [0.5, 0.6) is 0 Å². The Kier molecular flexibility index (Phi) is 6.07. The van der Waals surface area contributed by atoms with Crippen LogP contribution in [0.15, 0.2) is 48.7 Å². The summed E-state index contributed by atoms with van der Waals surface area (Å²) < 4.78 is 46.8. The quantitative estimate of drug-likeness (QED) is 0.450. The summed E-state index contributed by atoms with van der Waals surface area (Å²) in [6, 6.07) is 12.5. The standard InChI is InChI=1S/C28H30F3N5O3/c1-26-14-27(15-26,16-26)23(34-25(38)39-13-17-5-3-2-4-6-17)21-12-36-22(33-21)8-7-20(35-36)10-18-9-19(28(29,30)31)11-32-24(18)37/h2-8,12,18-19,23H,9-11,13-16H2,1H3,(H,32,37)(H,34,38)/t18?,19-,23-,26?,27?/m1/s1. The van der Waals surface area contributed by atoms with Crippen LogP contribution in [-0.4, -0.2) is 39.3 Å². The molecule has 1 saturated heterocycles. The molecule has 1 aliphatic heterocycles. The van der Waals surface area contributed by atoms with Gasteiger partial charge in [0.15, 0.2) is 5.65 Å². The number of alkyl halides is 3. The van der Waals surface area contributed by atoms with E-state index in [1.807, 2.05) is 30.3 Å². The largest absolute Gasteiger partial charge is 0.445 e. The fraction of sp³-hybridized carbons (Fsp3) is 0.500. The minimum absolute atomic E-state index is 0.0892. The summed E-state index contributed by atoms with van der Waals surface area (Å²) in [5, 5.41) is 9.98. The van der Waals surface area contributed by atoms with Crippen LogP contribution < -0.4 is 10.6 Å². The molecule has 2 bridgehead atoms. The first-order valence-corrected chi connectivity index (χ1v) is 13.2. The van der Waals surface area contributed by atoms with Gasteiger partial charge in [-0.2, -0.15) is 18.3 Å². The van der Waals surface area contributed by atoms with Gasteiger partial charge in [-0.25, -0.2) is 14.3 Å². The number of carbonyl (C=O) groups is 2. The van der Waals surface area contributed by atoms with Crippen LogP contribution in [0, 0.1) is 22.7 Å². The Morgan fingerprint density at radius 1 is 1.21 bits per heavy atom. The average molecular weight is 542 g/mol. The summed E-state index contributed by atoms with van der Waals surface area (Å²) >= 11 is 0. The maximum absolute atomic E-state index is 13.2. The van der Waals surface area contributed by atoms with Crippen molar-refractivity contribution in [3.63, 3.8) is 0 Å². The van der Waals surface area contributed by atoms with Gasteiger partial charge in [-0.1, -0.05) is 37.3 Å². The van der Waals surface area contributed by atoms with E-state index >= 15 is 0 Å². The van der Waals surface area contributed by atoms with Crippen LogP contribution in [0.25, 0.3) is 5.65 Å². The molecule has 39 heavy (non-hydrogen) atoms. The lowest BCUT2D eigenvalue weighted by Crippen LogP contribution is -2.65. The fourth-order valence-corrected chi connectivity index (χ4v) is 6.89. The number of hydrogen-bond acceptors (Lipinski definition) is 5. The van der Waals surface area contributed by atoms with Gasteiger partial charge in [0.2, 0.25) is 5.91 Å². The minimum Gasteiger partial charge on any atom is -0.445 e. The van der Waals surface area contributed by atoms with Gasteiger partial charge in [0, 0.05) is 18.9 Å². The van der Waals surface area contributed by atoms with E-state index in [1.54, 1.807) is 22.8 Å². The lowest BCUT2D eigenvalue weighted by molar-refractivity contribution is -0.211. The SMILES string of the molecule is CC12CC([C@H](NC(=O)OCc3ccccc3)c3cn4nc(CC5C[C@@H](C(F)(F)F)CNC5=O)ccc4n3)(C1)C2. The molecular weight excluding hydrogens is 511 g/mol.